The molecule has 2 aromatic rings. The Morgan fingerprint density at radius 2 is 2.10 bits per heavy atom. The minimum Gasteiger partial charge on any atom is -0.481 e. The number of carboxylic acids is 1. The van der Waals surface area contributed by atoms with Crippen molar-refractivity contribution in [3.05, 3.63) is 46.5 Å². The molecule has 0 saturated carbocycles. The normalized spacial score (nSPS) is 15.9. The Kier molecular flexibility index (Phi) is 5.92. The van der Waals surface area contributed by atoms with Gasteiger partial charge in [-0.1, -0.05) is 6.07 Å². The summed E-state index contributed by atoms with van der Waals surface area (Å²) in [5, 5.41) is 21.2. The summed E-state index contributed by atoms with van der Waals surface area (Å²) in [6.45, 7) is 3.60. The summed E-state index contributed by atoms with van der Waals surface area (Å²) < 4.78 is 0. The van der Waals surface area contributed by atoms with Crippen LogP contribution in [0.5, 0.6) is 0 Å². The number of hydrogen-bond acceptors (Lipinski definition) is 6. The minimum absolute atomic E-state index is 0.0521. The van der Waals surface area contributed by atoms with Crippen molar-refractivity contribution in [2.24, 2.45) is 5.73 Å². The number of hydrogen-bond donors (Lipinski definition) is 3. The monoisotopic (exact) mass is 421 g/mol. The molecule has 0 bridgehead atoms. The maximum Gasteiger partial charge on any atom is 0.303 e. The highest BCUT2D eigenvalue weighted by Crippen LogP contribution is 2.38. The van der Waals surface area contributed by atoms with Crippen LogP contribution in [0.2, 0.25) is 0 Å². The van der Waals surface area contributed by atoms with E-state index in [1.807, 2.05) is 13.0 Å². The fourth-order valence-electron chi connectivity index (χ4n) is 3.96. The molecule has 0 fully saturated rings. The van der Waals surface area contributed by atoms with E-state index >= 15 is 0 Å². The van der Waals surface area contributed by atoms with Gasteiger partial charge in [0.25, 0.3) is 5.91 Å². The van der Waals surface area contributed by atoms with Crippen LogP contribution < -0.4 is 11.1 Å². The van der Waals surface area contributed by atoms with E-state index < -0.39 is 24.0 Å². The van der Waals surface area contributed by atoms with Gasteiger partial charge < -0.3 is 21.1 Å². The molecular formula is C22H23N5O4. The molecule has 1 aliphatic rings. The largest absolute Gasteiger partial charge is 0.481 e. The van der Waals surface area contributed by atoms with E-state index in [0.29, 0.717) is 28.2 Å². The molecule has 3 rings (SSSR count). The number of fused-ring (bicyclic) bond motifs is 1. The third kappa shape index (κ3) is 3.92. The molecular weight excluding hydrogens is 398 g/mol. The Labute approximate surface area is 179 Å². The van der Waals surface area contributed by atoms with E-state index in [2.05, 4.69) is 16.4 Å². The van der Waals surface area contributed by atoms with Crippen molar-refractivity contribution in [3.63, 3.8) is 0 Å². The molecule has 2 amide bonds. The van der Waals surface area contributed by atoms with E-state index in [-0.39, 0.29) is 18.7 Å². The molecule has 0 spiro atoms. The summed E-state index contributed by atoms with van der Waals surface area (Å²) in [7, 11) is 1.69. The maximum atomic E-state index is 13.0. The predicted octanol–water partition coefficient (Wildman–Crippen LogP) is 2.21. The fourth-order valence-corrected chi connectivity index (χ4v) is 3.96. The van der Waals surface area contributed by atoms with Gasteiger partial charge >= 0.3 is 5.97 Å². The van der Waals surface area contributed by atoms with Gasteiger partial charge in [-0.05, 0) is 49.6 Å². The first kappa shape index (κ1) is 21.8. The zero-order chi connectivity index (χ0) is 22.9. The number of aryl methyl sites for hydroxylation is 1. The van der Waals surface area contributed by atoms with Crippen molar-refractivity contribution >= 4 is 23.6 Å². The maximum absolute atomic E-state index is 13.0. The van der Waals surface area contributed by atoms with Gasteiger partial charge in [-0.2, -0.15) is 5.26 Å². The number of primary amides is 1. The highest BCUT2D eigenvalue weighted by Gasteiger charge is 2.40. The van der Waals surface area contributed by atoms with Gasteiger partial charge in [0.15, 0.2) is 0 Å². The highest BCUT2D eigenvalue weighted by molar-refractivity contribution is 6.02. The molecule has 2 heterocycles. The lowest BCUT2D eigenvalue weighted by Crippen LogP contribution is -2.46. The predicted molar refractivity (Wildman–Crippen MR) is 113 cm³/mol. The van der Waals surface area contributed by atoms with E-state index in [0.717, 1.165) is 11.1 Å². The standard InChI is InChI=1S/C22H23N5O4/c1-11-8-17(26-21(25-3)16(11)10-23)13-4-5-14-15(9-13)12(2)27(22(14)31)18(20(24)30)6-7-19(28)29/h4-5,8-9,12,18H,6-7H2,1-3H3,(H2,24,30)(H,25,26)(H,28,29). The van der Waals surface area contributed by atoms with Gasteiger partial charge in [0.1, 0.15) is 17.9 Å². The number of nitriles is 1. The second-order valence-electron chi connectivity index (χ2n) is 7.45. The lowest BCUT2D eigenvalue weighted by atomic mass is 9.99. The van der Waals surface area contributed by atoms with Crippen molar-refractivity contribution in [2.45, 2.75) is 38.8 Å². The quantitative estimate of drug-likeness (QED) is 0.620. The van der Waals surface area contributed by atoms with E-state index in [1.165, 1.54) is 4.90 Å². The molecule has 1 aromatic carbocycles. The van der Waals surface area contributed by atoms with Crippen LogP contribution in [0, 0.1) is 18.3 Å². The first-order valence-corrected chi connectivity index (χ1v) is 9.77. The highest BCUT2D eigenvalue weighted by atomic mass is 16.4. The summed E-state index contributed by atoms with van der Waals surface area (Å²) >= 11 is 0. The molecule has 31 heavy (non-hydrogen) atoms. The number of rotatable bonds is 7. The molecule has 0 aliphatic carbocycles. The van der Waals surface area contributed by atoms with Gasteiger partial charge in [-0.25, -0.2) is 4.98 Å². The topological polar surface area (TPSA) is 149 Å². The van der Waals surface area contributed by atoms with Crippen molar-refractivity contribution in [1.82, 2.24) is 9.88 Å². The zero-order valence-electron chi connectivity index (χ0n) is 17.5. The van der Waals surface area contributed by atoms with Crippen LogP contribution in [0.25, 0.3) is 11.3 Å². The van der Waals surface area contributed by atoms with Crippen LogP contribution in [-0.2, 0) is 9.59 Å². The van der Waals surface area contributed by atoms with Crippen LogP contribution in [0.1, 0.15) is 52.9 Å². The number of nitrogens with zero attached hydrogens (tertiary/aromatic N) is 3. The number of carbonyl (C=O) groups excluding carboxylic acids is 2. The number of anilines is 1. The number of nitrogens with two attached hydrogens (primary N) is 1. The minimum atomic E-state index is -1.06. The molecule has 160 valence electrons. The SMILES string of the molecule is CNc1nc(-c2ccc3c(c2)C(C)N(C(CCC(=O)O)C(N)=O)C3=O)cc(C)c1C#N. The lowest BCUT2D eigenvalue weighted by molar-refractivity contribution is -0.137. The summed E-state index contributed by atoms with van der Waals surface area (Å²) in [5.74, 6) is -1.69. The zero-order valence-corrected chi connectivity index (χ0v) is 17.5. The lowest BCUT2D eigenvalue weighted by Gasteiger charge is -2.29. The number of amides is 2. The number of carboxylic acid groups (broad SMARTS) is 1. The average molecular weight is 421 g/mol. The van der Waals surface area contributed by atoms with Crippen molar-refractivity contribution in [2.75, 3.05) is 12.4 Å². The van der Waals surface area contributed by atoms with Gasteiger partial charge in [0.2, 0.25) is 5.91 Å². The van der Waals surface area contributed by atoms with Gasteiger partial charge in [-0.15, -0.1) is 0 Å². The molecule has 4 N–H and O–H groups in total. The number of nitrogens with one attached hydrogen (secondary N) is 1. The number of aromatic nitrogens is 1. The summed E-state index contributed by atoms with van der Waals surface area (Å²) in [6, 6.07) is 7.73. The molecule has 9 heteroatoms. The molecule has 0 radical (unpaired) electrons. The van der Waals surface area contributed by atoms with Crippen LogP contribution in [0.4, 0.5) is 5.82 Å². The number of aliphatic carboxylic acids is 1. The first-order chi connectivity index (χ1) is 14.7. The van der Waals surface area contributed by atoms with Crippen LogP contribution >= 0.6 is 0 Å². The summed E-state index contributed by atoms with van der Waals surface area (Å²) in [4.78, 5) is 41.8. The van der Waals surface area contributed by atoms with Crippen molar-refractivity contribution in [1.29, 1.82) is 5.26 Å². The molecule has 2 atom stereocenters. The van der Waals surface area contributed by atoms with Crippen LogP contribution in [0.15, 0.2) is 24.3 Å². The van der Waals surface area contributed by atoms with Gasteiger partial charge in [0.05, 0.1) is 17.3 Å². The molecule has 1 aliphatic heterocycles. The van der Waals surface area contributed by atoms with E-state index in [4.69, 9.17) is 10.8 Å². The molecule has 1 aromatic heterocycles. The summed E-state index contributed by atoms with van der Waals surface area (Å²) in [6.07, 6.45) is -0.323. The number of carbonyl (C=O) groups is 3. The second-order valence-corrected chi connectivity index (χ2v) is 7.45. The molecule has 2 unspecified atom stereocenters. The van der Waals surface area contributed by atoms with Crippen LogP contribution in [-0.4, -0.2) is 45.9 Å². The van der Waals surface area contributed by atoms with Gasteiger partial charge in [0, 0.05) is 24.6 Å². The smallest absolute Gasteiger partial charge is 0.303 e. The number of pyridine rings is 1. The third-order valence-corrected chi connectivity index (χ3v) is 5.54. The Hall–Kier alpha value is -3.93. The van der Waals surface area contributed by atoms with E-state index in [1.54, 1.807) is 32.2 Å². The second kappa shape index (κ2) is 8.44. The van der Waals surface area contributed by atoms with Gasteiger partial charge in [-0.3, -0.25) is 14.4 Å². The first-order valence-electron chi connectivity index (χ1n) is 9.77. The fraction of sp³-hybridized carbons (Fsp3) is 0.318. The Morgan fingerprint density at radius 3 is 2.68 bits per heavy atom. The number of benzene rings is 1. The van der Waals surface area contributed by atoms with Crippen molar-refractivity contribution < 1.29 is 19.5 Å². The van der Waals surface area contributed by atoms with E-state index in [9.17, 15) is 19.6 Å². The Bertz CT molecular complexity index is 1120. The molecule has 0 saturated heterocycles. The van der Waals surface area contributed by atoms with Crippen LogP contribution in [0.3, 0.4) is 0 Å². The average Bonchev–Trinajstić information content (AvgIpc) is 2.97. The molecule has 9 nitrogen and oxygen atoms in total. The Balaban J connectivity index is 2.01. The Morgan fingerprint density at radius 1 is 1.39 bits per heavy atom. The summed E-state index contributed by atoms with van der Waals surface area (Å²) in [5.41, 5.74) is 9.26. The van der Waals surface area contributed by atoms with Crippen molar-refractivity contribution in [3.8, 4) is 17.3 Å². The third-order valence-electron chi connectivity index (χ3n) is 5.54.